The maximum absolute atomic E-state index is 11.8. The van der Waals surface area contributed by atoms with Crippen molar-refractivity contribution in [1.29, 1.82) is 0 Å². The van der Waals surface area contributed by atoms with E-state index < -0.39 is 10.0 Å². The van der Waals surface area contributed by atoms with E-state index in [0.29, 0.717) is 33.0 Å². The number of benzene rings is 2. The number of nitrogens with zero attached hydrogens (tertiary/aromatic N) is 3. The van der Waals surface area contributed by atoms with E-state index in [0.717, 1.165) is 34.0 Å². The molecule has 0 atom stereocenters. The van der Waals surface area contributed by atoms with Crippen molar-refractivity contribution >= 4 is 60.3 Å². The second kappa shape index (κ2) is 8.91. The number of halogens is 2. The van der Waals surface area contributed by atoms with Crippen molar-refractivity contribution in [2.45, 2.75) is 25.2 Å². The lowest BCUT2D eigenvalue weighted by atomic mass is 10.1. The second-order valence-corrected chi connectivity index (χ2v) is 11.1. The van der Waals surface area contributed by atoms with E-state index in [1.54, 1.807) is 18.3 Å². The number of hydrogen-bond donors (Lipinski definition) is 2. The molecule has 0 saturated carbocycles. The van der Waals surface area contributed by atoms with Crippen molar-refractivity contribution < 1.29 is 8.42 Å². The smallest absolute Gasteiger partial charge is 0.238 e. The fourth-order valence-electron chi connectivity index (χ4n) is 4.33. The van der Waals surface area contributed by atoms with Gasteiger partial charge in [0.2, 0.25) is 10.0 Å². The van der Waals surface area contributed by atoms with Gasteiger partial charge in [-0.2, -0.15) is 0 Å². The van der Waals surface area contributed by atoms with E-state index in [1.807, 2.05) is 31.2 Å². The minimum Gasteiger partial charge on any atom is -0.353 e. The average Bonchev–Trinajstić information content (AvgIpc) is 3.36. The number of primary sulfonamides is 1. The Hall–Kier alpha value is -2.98. The number of nitrogens with one attached hydrogen (secondary N) is 1. The fraction of sp³-hybridized carbons (Fsp3) is 0.120. The van der Waals surface area contributed by atoms with Crippen LogP contribution in [-0.2, 0) is 16.4 Å². The molecule has 10 heteroatoms. The summed E-state index contributed by atoms with van der Waals surface area (Å²) in [6.07, 6.45) is 2.29. The number of aryl methyl sites for hydroxylation is 1. The van der Waals surface area contributed by atoms with E-state index >= 15 is 0 Å². The molecule has 1 aliphatic heterocycles. The Kier molecular flexibility index (Phi) is 6.04. The van der Waals surface area contributed by atoms with Gasteiger partial charge >= 0.3 is 0 Å². The van der Waals surface area contributed by atoms with Gasteiger partial charge in [-0.15, -0.1) is 0 Å². The molecule has 1 aliphatic rings. The molecule has 2 aromatic carbocycles. The SMILES string of the molecule is Cc1cc(C2=Nc3c(ncc(Br)c3Nc3cccc(S(N)(=O)=O)c3)C2)c(C)n1-c1ccccc1Cl. The fourth-order valence-corrected chi connectivity index (χ4v) is 5.50. The third-order valence-corrected chi connectivity index (χ3v) is 7.76. The first-order chi connectivity index (χ1) is 16.6. The topological polar surface area (TPSA) is 102 Å². The van der Waals surface area contributed by atoms with Crippen LogP contribution in [0.2, 0.25) is 5.02 Å². The highest BCUT2D eigenvalue weighted by Crippen LogP contribution is 2.41. The van der Waals surface area contributed by atoms with Gasteiger partial charge in [0.05, 0.1) is 37.2 Å². The highest BCUT2D eigenvalue weighted by molar-refractivity contribution is 9.10. The Labute approximate surface area is 216 Å². The lowest BCUT2D eigenvalue weighted by Gasteiger charge is -2.12. The van der Waals surface area contributed by atoms with Gasteiger partial charge in [-0.3, -0.25) is 4.98 Å². The number of hydrogen-bond acceptors (Lipinski definition) is 5. The van der Waals surface area contributed by atoms with Gasteiger partial charge < -0.3 is 9.88 Å². The van der Waals surface area contributed by atoms with Gasteiger partial charge in [0.15, 0.2) is 0 Å². The zero-order valence-electron chi connectivity index (χ0n) is 18.9. The summed E-state index contributed by atoms with van der Waals surface area (Å²) in [6.45, 7) is 4.10. The van der Waals surface area contributed by atoms with Crippen LogP contribution in [0.1, 0.15) is 22.6 Å². The zero-order chi connectivity index (χ0) is 24.9. The van der Waals surface area contributed by atoms with Crippen LogP contribution in [0.15, 0.2) is 75.2 Å². The van der Waals surface area contributed by atoms with E-state index in [2.05, 4.69) is 43.8 Å². The predicted octanol–water partition coefficient (Wildman–Crippen LogP) is 5.97. The second-order valence-electron chi connectivity index (χ2n) is 8.28. The largest absolute Gasteiger partial charge is 0.353 e. The van der Waals surface area contributed by atoms with Crippen LogP contribution in [0.5, 0.6) is 0 Å². The van der Waals surface area contributed by atoms with Crippen molar-refractivity contribution in [3.8, 4) is 5.69 Å². The number of pyridine rings is 1. The first kappa shape index (κ1) is 23.7. The van der Waals surface area contributed by atoms with Crippen LogP contribution in [0.3, 0.4) is 0 Å². The summed E-state index contributed by atoms with van der Waals surface area (Å²) in [4.78, 5) is 9.56. The molecular weight excluding hydrogens is 550 g/mol. The molecule has 0 spiro atoms. The molecular formula is C25H21BrClN5O2S. The summed E-state index contributed by atoms with van der Waals surface area (Å²) >= 11 is 10.0. The minimum absolute atomic E-state index is 0.0283. The highest BCUT2D eigenvalue weighted by atomic mass is 79.9. The van der Waals surface area contributed by atoms with Crippen molar-refractivity contribution in [3.63, 3.8) is 0 Å². The standard InChI is InChI=1S/C25H21BrClN5O2S/c1-14-10-18(15(2)32(14)23-9-4-3-8-20(23)27)21-12-22-25(31-21)24(19(26)13-29-22)30-16-6-5-7-17(11-16)35(28,33)34/h3-11,13H,12H2,1-2H3,(H,29,30)(H2,28,33,34). The molecule has 0 bridgehead atoms. The van der Waals surface area contributed by atoms with Crippen LogP contribution in [-0.4, -0.2) is 23.7 Å². The maximum atomic E-state index is 11.8. The zero-order valence-corrected chi connectivity index (χ0v) is 22.0. The van der Waals surface area contributed by atoms with Gasteiger partial charge in [-0.25, -0.2) is 18.5 Å². The Morgan fingerprint density at radius 1 is 1.11 bits per heavy atom. The third-order valence-electron chi connectivity index (χ3n) is 5.93. The van der Waals surface area contributed by atoms with Crippen LogP contribution in [0.4, 0.5) is 17.1 Å². The summed E-state index contributed by atoms with van der Waals surface area (Å²) in [5, 5.41) is 9.26. The van der Waals surface area contributed by atoms with Gasteiger partial charge in [0.1, 0.15) is 5.69 Å². The summed E-state index contributed by atoms with van der Waals surface area (Å²) in [5.74, 6) is 0. The minimum atomic E-state index is -3.82. The highest BCUT2D eigenvalue weighted by Gasteiger charge is 2.25. The first-order valence-electron chi connectivity index (χ1n) is 10.7. The van der Waals surface area contributed by atoms with Crippen LogP contribution < -0.4 is 10.5 Å². The summed E-state index contributed by atoms with van der Waals surface area (Å²) in [5.41, 5.74) is 7.76. The number of nitrogens with two attached hydrogens (primary N) is 1. The third kappa shape index (κ3) is 4.40. The van der Waals surface area contributed by atoms with Crippen LogP contribution in [0, 0.1) is 13.8 Å². The number of sulfonamides is 1. The normalized spacial score (nSPS) is 13.0. The molecule has 178 valence electrons. The Bertz CT molecular complexity index is 1630. The molecule has 3 heterocycles. The average molecular weight is 571 g/mol. The van der Waals surface area contributed by atoms with E-state index in [9.17, 15) is 8.42 Å². The van der Waals surface area contributed by atoms with Crippen LogP contribution >= 0.6 is 27.5 Å². The number of aliphatic imine (C=N–C) groups is 1. The summed E-state index contributed by atoms with van der Waals surface area (Å²) in [7, 11) is -3.82. The molecule has 7 nitrogen and oxygen atoms in total. The van der Waals surface area contributed by atoms with Crippen LogP contribution in [0.25, 0.3) is 5.69 Å². The van der Waals surface area contributed by atoms with Crippen molar-refractivity contribution in [3.05, 3.63) is 92.9 Å². The lowest BCUT2D eigenvalue weighted by Crippen LogP contribution is -2.12. The molecule has 0 amide bonds. The Morgan fingerprint density at radius 2 is 1.89 bits per heavy atom. The molecule has 0 saturated heterocycles. The van der Waals surface area contributed by atoms with Gasteiger partial charge in [-0.05, 0) is 66.2 Å². The molecule has 0 fully saturated rings. The Morgan fingerprint density at radius 3 is 2.63 bits per heavy atom. The maximum Gasteiger partial charge on any atom is 0.238 e. The monoisotopic (exact) mass is 569 g/mol. The number of aromatic nitrogens is 2. The lowest BCUT2D eigenvalue weighted by molar-refractivity contribution is 0.598. The molecule has 2 aromatic heterocycles. The van der Waals surface area contributed by atoms with Gasteiger partial charge in [-0.1, -0.05) is 29.8 Å². The molecule has 0 aliphatic carbocycles. The molecule has 4 aromatic rings. The van der Waals surface area contributed by atoms with E-state index in [-0.39, 0.29) is 4.90 Å². The van der Waals surface area contributed by atoms with Gasteiger partial charge in [0, 0.05) is 35.3 Å². The molecule has 35 heavy (non-hydrogen) atoms. The predicted molar refractivity (Wildman–Crippen MR) is 143 cm³/mol. The molecule has 0 unspecified atom stereocenters. The van der Waals surface area contributed by atoms with E-state index in [1.165, 1.54) is 12.1 Å². The number of fused-ring (bicyclic) bond motifs is 1. The number of para-hydroxylation sites is 1. The molecule has 5 rings (SSSR count). The number of rotatable bonds is 5. The summed E-state index contributed by atoms with van der Waals surface area (Å²) in [6, 6.07) is 16.2. The van der Waals surface area contributed by atoms with Crippen molar-refractivity contribution in [2.75, 3.05) is 5.32 Å². The quantitative estimate of drug-likeness (QED) is 0.308. The Balaban J connectivity index is 1.55. The molecule has 0 radical (unpaired) electrons. The van der Waals surface area contributed by atoms with E-state index in [4.69, 9.17) is 21.7 Å². The van der Waals surface area contributed by atoms with Gasteiger partial charge in [0.25, 0.3) is 0 Å². The summed E-state index contributed by atoms with van der Waals surface area (Å²) < 4.78 is 26.4. The number of anilines is 2. The van der Waals surface area contributed by atoms with Crippen molar-refractivity contribution in [2.24, 2.45) is 10.1 Å². The van der Waals surface area contributed by atoms with Crippen molar-refractivity contribution in [1.82, 2.24) is 9.55 Å². The molecule has 3 N–H and O–H groups in total. The first-order valence-corrected chi connectivity index (χ1v) is 13.4.